The molecule has 0 radical (unpaired) electrons. The van der Waals surface area contributed by atoms with Crippen LogP contribution in [0.25, 0.3) is 0 Å². The number of nitrogens with zero attached hydrogens (tertiary/aromatic N) is 1. The summed E-state index contributed by atoms with van der Waals surface area (Å²) in [5, 5.41) is 2.70. The average molecular weight is 334 g/mol. The maximum atomic E-state index is 12.3. The standard InChI is InChI=1S/C18H26N2O4/c1-4-5-6-17(21)19-11-18(22)20-8-7-13-9-15(23-2)16(24-3)10-14(13)12-20/h9-10H,4-8,11-12H2,1-3H3,(H,19,21). The lowest BCUT2D eigenvalue weighted by atomic mass is 9.98. The van der Waals surface area contributed by atoms with Gasteiger partial charge in [-0.05, 0) is 36.1 Å². The summed E-state index contributed by atoms with van der Waals surface area (Å²) in [6.45, 7) is 3.27. The number of carbonyl (C=O) groups is 2. The third-order valence-corrected chi connectivity index (χ3v) is 4.26. The number of fused-ring (bicyclic) bond motifs is 1. The summed E-state index contributed by atoms with van der Waals surface area (Å²) < 4.78 is 10.6. The summed E-state index contributed by atoms with van der Waals surface area (Å²) in [6, 6.07) is 3.90. The molecular weight excluding hydrogens is 308 g/mol. The molecule has 132 valence electrons. The fourth-order valence-electron chi connectivity index (χ4n) is 2.81. The highest BCUT2D eigenvalue weighted by atomic mass is 16.5. The molecule has 0 unspecified atom stereocenters. The molecule has 0 saturated heterocycles. The summed E-state index contributed by atoms with van der Waals surface area (Å²) in [4.78, 5) is 25.7. The first-order valence-electron chi connectivity index (χ1n) is 8.37. The summed E-state index contributed by atoms with van der Waals surface area (Å²) in [5.74, 6) is 1.26. The zero-order chi connectivity index (χ0) is 17.5. The fraction of sp³-hybridized carbons (Fsp3) is 0.556. The molecule has 1 heterocycles. The van der Waals surface area contributed by atoms with E-state index in [0.717, 1.165) is 24.8 Å². The maximum Gasteiger partial charge on any atom is 0.242 e. The Labute approximate surface area is 143 Å². The Bertz CT molecular complexity index is 601. The van der Waals surface area contributed by atoms with Crippen LogP contribution in [-0.2, 0) is 22.6 Å². The average Bonchev–Trinajstić information content (AvgIpc) is 2.62. The van der Waals surface area contributed by atoms with Crippen molar-refractivity contribution in [3.8, 4) is 11.5 Å². The number of amides is 2. The van der Waals surface area contributed by atoms with Gasteiger partial charge in [0.15, 0.2) is 11.5 Å². The highest BCUT2D eigenvalue weighted by Gasteiger charge is 2.22. The van der Waals surface area contributed by atoms with Gasteiger partial charge in [0.25, 0.3) is 0 Å². The van der Waals surface area contributed by atoms with Crippen LogP contribution in [0.1, 0.15) is 37.3 Å². The first kappa shape index (κ1) is 18.1. The predicted octanol–water partition coefficient (Wildman–Crippen LogP) is 1.89. The Hall–Kier alpha value is -2.24. The van der Waals surface area contributed by atoms with Crippen molar-refractivity contribution in [1.82, 2.24) is 10.2 Å². The van der Waals surface area contributed by atoms with Gasteiger partial charge < -0.3 is 19.7 Å². The van der Waals surface area contributed by atoms with Gasteiger partial charge in [0.05, 0.1) is 20.8 Å². The predicted molar refractivity (Wildman–Crippen MR) is 91.2 cm³/mol. The lowest BCUT2D eigenvalue weighted by Gasteiger charge is -2.29. The molecule has 6 heteroatoms. The Morgan fingerprint density at radius 1 is 1.17 bits per heavy atom. The molecular formula is C18H26N2O4. The van der Waals surface area contributed by atoms with Crippen molar-refractivity contribution < 1.29 is 19.1 Å². The molecule has 1 aromatic carbocycles. The normalized spacial score (nSPS) is 13.2. The number of hydrogen-bond donors (Lipinski definition) is 1. The molecule has 1 aliphatic heterocycles. The summed E-state index contributed by atoms with van der Waals surface area (Å²) in [6.07, 6.45) is 3.06. The zero-order valence-electron chi connectivity index (χ0n) is 14.7. The first-order chi connectivity index (χ1) is 11.6. The lowest BCUT2D eigenvalue weighted by Crippen LogP contribution is -2.42. The molecule has 2 rings (SSSR count). The van der Waals surface area contributed by atoms with Gasteiger partial charge in [-0.1, -0.05) is 13.3 Å². The van der Waals surface area contributed by atoms with Gasteiger partial charge in [-0.3, -0.25) is 9.59 Å². The largest absolute Gasteiger partial charge is 0.493 e. The van der Waals surface area contributed by atoms with Crippen molar-refractivity contribution in [2.45, 2.75) is 39.2 Å². The van der Waals surface area contributed by atoms with E-state index < -0.39 is 0 Å². The van der Waals surface area contributed by atoms with Crippen LogP contribution in [0.4, 0.5) is 0 Å². The van der Waals surface area contributed by atoms with Crippen molar-refractivity contribution in [2.24, 2.45) is 0 Å². The molecule has 0 bridgehead atoms. The van der Waals surface area contributed by atoms with E-state index in [4.69, 9.17) is 9.47 Å². The molecule has 1 N–H and O–H groups in total. The molecule has 1 aliphatic rings. The molecule has 1 aromatic rings. The summed E-state index contributed by atoms with van der Waals surface area (Å²) in [5.41, 5.74) is 2.23. The van der Waals surface area contributed by atoms with Gasteiger partial charge >= 0.3 is 0 Å². The highest BCUT2D eigenvalue weighted by molar-refractivity contribution is 5.84. The molecule has 0 aromatic heterocycles. The minimum Gasteiger partial charge on any atom is -0.493 e. The smallest absolute Gasteiger partial charge is 0.242 e. The minimum absolute atomic E-state index is 0.0553. The third kappa shape index (κ3) is 4.40. The number of rotatable bonds is 7. The number of methoxy groups -OCH3 is 2. The zero-order valence-corrected chi connectivity index (χ0v) is 14.7. The summed E-state index contributed by atoms with van der Waals surface area (Å²) in [7, 11) is 3.21. The molecule has 0 atom stereocenters. The third-order valence-electron chi connectivity index (χ3n) is 4.26. The van der Waals surface area contributed by atoms with Crippen molar-refractivity contribution in [3.05, 3.63) is 23.3 Å². The van der Waals surface area contributed by atoms with Gasteiger partial charge in [-0.15, -0.1) is 0 Å². The van der Waals surface area contributed by atoms with Gasteiger partial charge in [0, 0.05) is 19.5 Å². The van der Waals surface area contributed by atoms with Gasteiger partial charge in [0.2, 0.25) is 11.8 Å². The molecule has 0 spiro atoms. The first-order valence-corrected chi connectivity index (χ1v) is 8.37. The number of hydrogen-bond acceptors (Lipinski definition) is 4. The van der Waals surface area contributed by atoms with Gasteiger partial charge in [-0.2, -0.15) is 0 Å². The number of nitrogens with one attached hydrogen (secondary N) is 1. The van der Waals surface area contributed by atoms with E-state index in [1.165, 1.54) is 5.56 Å². The second-order valence-corrected chi connectivity index (χ2v) is 5.92. The van der Waals surface area contributed by atoms with E-state index in [0.29, 0.717) is 31.0 Å². The Morgan fingerprint density at radius 3 is 2.46 bits per heavy atom. The second-order valence-electron chi connectivity index (χ2n) is 5.92. The molecule has 2 amide bonds. The minimum atomic E-state index is -0.0611. The van der Waals surface area contributed by atoms with Crippen molar-refractivity contribution >= 4 is 11.8 Å². The van der Waals surface area contributed by atoms with E-state index in [2.05, 4.69) is 5.32 Å². The van der Waals surface area contributed by atoms with Gasteiger partial charge in [0.1, 0.15) is 0 Å². The summed E-state index contributed by atoms with van der Waals surface area (Å²) >= 11 is 0. The van der Waals surface area contributed by atoms with Crippen LogP contribution in [0.2, 0.25) is 0 Å². The Balaban J connectivity index is 1.96. The van der Waals surface area contributed by atoms with Crippen LogP contribution in [-0.4, -0.2) is 44.0 Å². The fourth-order valence-corrected chi connectivity index (χ4v) is 2.81. The quantitative estimate of drug-likeness (QED) is 0.827. The van der Waals surface area contributed by atoms with Crippen LogP contribution < -0.4 is 14.8 Å². The highest BCUT2D eigenvalue weighted by Crippen LogP contribution is 2.33. The van der Waals surface area contributed by atoms with Gasteiger partial charge in [-0.25, -0.2) is 0 Å². The van der Waals surface area contributed by atoms with Crippen LogP contribution in [0.5, 0.6) is 11.5 Å². The van der Waals surface area contributed by atoms with Crippen LogP contribution in [0.3, 0.4) is 0 Å². The number of unbranched alkanes of at least 4 members (excludes halogenated alkanes) is 1. The molecule has 0 saturated carbocycles. The van der Waals surface area contributed by atoms with Crippen LogP contribution >= 0.6 is 0 Å². The van der Waals surface area contributed by atoms with E-state index in [1.807, 2.05) is 19.1 Å². The van der Waals surface area contributed by atoms with Crippen molar-refractivity contribution in [3.63, 3.8) is 0 Å². The second kappa shape index (κ2) is 8.57. The van der Waals surface area contributed by atoms with Crippen molar-refractivity contribution in [2.75, 3.05) is 27.3 Å². The Morgan fingerprint density at radius 2 is 1.83 bits per heavy atom. The van der Waals surface area contributed by atoms with Crippen molar-refractivity contribution in [1.29, 1.82) is 0 Å². The molecule has 0 fully saturated rings. The topological polar surface area (TPSA) is 67.9 Å². The SMILES string of the molecule is CCCCC(=O)NCC(=O)N1CCc2cc(OC)c(OC)cc2C1. The van der Waals surface area contributed by atoms with E-state index in [1.54, 1.807) is 19.1 Å². The molecule has 6 nitrogen and oxygen atoms in total. The lowest BCUT2D eigenvalue weighted by molar-refractivity contribution is -0.133. The monoisotopic (exact) mass is 334 g/mol. The van der Waals surface area contributed by atoms with Crippen LogP contribution in [0.15, 0.2) is 12.1 Å². The maximum absolute atomic E-state index is 12.3. The van der Waals surface area contributed by atoms with E-state index >= 15 is 0 Å². The number of ether oxygens (including phenoxy) is 2. The molecule has 0 aliphatic carbocycles. The molecule has 24 heavy (non-hydrogen) atoms. The van der Waals surface area contributed by atoms with Crippen LogP contribution in [0, 0.1) is 0 Å². The van der Waals surface area contributed by atoms with E-state index in [-0.39, 0.29) is 18.4 Å². The number of carbonyl (C=O) groups excluding carboxylic acids is 2. The van der Waals surface area contributed by atoms with E-state index in [9.17, 15) is 9.59 Å². The Kier molecular flexibility index (Phi) is 6.46. The number of benzene rings is 1.